The molecule has 0 N–H and O–H groups in total. The Labute approximate surface area is 38.3 Å². The van der Waals surface area contributed by atoms with Gasteiger partial charge in [0.2, 0.25) is 0 Å². The Hall–Kier alpha value is -0.0400. The number of ether oxygens (including phenoxy) is 1. The Balaban J connectivity index is 1.88. The molecule has 0 amide bonds. The predicted molar refractivity (Wildman–Crippen MR) is 23.8 cm³/mol. The third-order valence-corrected chi connectivity index (χ3v) is 0.817. The fourth-order valence-electron chi connectivity index (χ4n) is 0.393. The average Bonchev–Trinajstić information content (AvgIpc) is 2.21. The van der Waals surface area contributed by atoms with Crippen LogP contribution in [0.4, 0.5) is 0 Å². The van der Waals surface area contributed by atoms with Crippen molar-refractivity contribution in [2.24, 2.45) is 0 Å². The van der Waals surface area contributed by atoms with E-state index in [2.05, 4.69) is 6.92 Å². The van der Waals surface area contributed by atoms with Gasteiger partial charge in [0.1, 0.15) is 6.61 Å². The van der Waals surface area contributed by atoms with Crippen LogP contribution in [-0.2, 0) is 4.74 Å². The summed E-state index contributed by atoms with van der Waals surface area (Å²) in [6, 6.07) is 0. The first-order valence-corrected chi connectivity index (χ1v) is 2.21. The first-order chi connectivity index (χ1) is 2.93. The molecule has 6 heavy (non-hydrogen) atoms. The van der Waals surface area contributed by atoms with Gasteiger partial charge in [-0.15, -0.1) is 0 Å². The zero-order chi connectivity index (χ0) is 4.41. The molecule has 0 saturated carbocycles. The number of rotatable bonds is 2. The van der Waals surface area contributed by atoms with Crippen LogP contribution in [0.5, 0.6) is 0 Å². The van der Waals surface area contributed by atoms with Crippen molar-refractivity contribution >= 4 is 0 Å². The molecule has 1 nitrogen and oxygen atoms in total. The Morgan fingerprint density at radius 2 is 2.50 bits per heavy atom. The van der Waals surface area contributed by atoms with E-state index in [1.165, 1.54) is 0 Å². The van der Waals surface area contributed by atoms with Gasteiger partial charge in [0.05, 0.1) is 6.10 Å². The second kappa shape index (κ2) is 1.61. The zero-order valence-electron chi connectivity index (χ0n) is 3.68. The van der Waals surface area contributed by atoms with Crippen LogP contribution < -0.4 is 0 Å². The largest absolute Gasteiger partial charge is 0.367 e. The lowest BCUT2D eigenvalue weighted by molar-refractivity contribution is 0.412. The molecule has 0 aliphatic carbocycles. The maximum absolute atomic E-state index is 4.78. The minimum atomic E-state index is 0.461. The molecule has 0 aromatic rings. The van der Waals surface area contributed by atoms with Crippen molar-refractivity contribution < 1.29 is 4.74 Å². The van der Waals surface area contributed by atoms with E-state index >= 15 is 0 Å². The van der Waals surface area contributed by atoms with E-state index in [0.29, 0.717) is 6.10 Å². The highest BCUT2D eigenvalue weighted by Gasteiger charge is 2.21. The molecule has 0 aromatic heterocycles. The molecule has 0 aromatic carbocycles. The molecule has 0 bridgehead atoms. The fraction of sp³-hybridized carbons (Fsp3) is 0.600. The third-order valence-electron chi connectivity index (χ3n) is 0.817. The second-order valence-electron chi connectivity index (χ2n) is 1.45. The van der Waals surface area contributed by atoms with Crippen LogP contribution in [0.3, 0.4) is 0 Å². The summed E-state index contributed by atoms with van der Waals surface area (Å²) in [5, 5.41) is 0. The first-order valence-electron chi connectivity index (χ1n) is 2.21. The summed E-state index contributed by atoms with van der Waals surface area (Å²) in [6.45, 7) is 5.50. The molecule has 34 valence electrons. The summed E-state index contributed by atoms with van der Waals surface area (Å²) in [6.07, 6.45) is 2.55. The van der Waals surface area contributed by atoms with Gasteiger partial charge in [0, 0.05) is 0 Å². The van der Waals surface area contributed by atoms with Gasteiger partial charge in [-0.2, -0.15) is 0 Å². The molecule has 1 saturated heterocycles. The van der Waals surface area contributed by atoms with Crippen LogP contribution in [-0.4, -0.2) is 6.10 Å². The summed E-state index contributed by atoms with van der Waals surface area (Å²) < 4.78 is 4.78. The van der Waals surface area contributed by atoms with E-state index in [1.807, 2.05) is 6.61 Å². The lowest BCUT2D eigenvalue weighted by Gasteiger charge is -1.79. The molecular formula is C5H8O. The molecular weight excluding hydrogens is 76.1 g/mol. The van der Waals surface area contributed by atoms with Crippen molar-refractivity contribution in [2.45, 2.75) is 18.9 Å². The first kappa shape index (κ1) is 4.13. The summed E-state index contributed by atoms with van der Waals surface area (Å²) in [5.74, 6) is 0. The zero-order valence-corrected chi connectivity index (χ0v) is 3.68. The smallest absolute Gasteiger partial charge is 0.113 e. The van der Waals surface area contributed by atoms with E-state index in [0.717, 1.165) is 12.8 Å². The van der Waals surface area contributed by atoms with Gasteiger partial charge in [-0.25, -0.2) is 0 Å². The summed E-state index contributed by atoms with van der Waals surface area (Å²) >= 11 is 0. The summed E-state index contributed by atoms with van der Waals surface area (Å²) in [4.78, 5) is 0. The Kier molecular flexibility index (Phi) is 1.10. The van der Waals surface area contributed by atoms with Crippen LogP contribution in [0.15, 0.2) is 0 Å². The van der Waals surface area contributed by atoms with Crippen molar-refractivity contribution in [3.05, 3.63) is 13.5 Å². The number of hydrogen-bond donors (Lipinski definition) is 0. The molecule has 1 fully saturated rings. The van der Waals surface area contributed by atoms with E-state index in [1.54, 1.807) is 0 Å². The summed E-state index contributed by atoms with van der Waals surface area (Å²) in [7, 11) is 0. The van der Waals surface area contributed by atoms with Gasteiger partial charge in [-0.05, 0) is 6.42 Å². The molecule has 1 heteroatoms. The highest BCUT2D eigenvalue weighted by Crippen LogP contribution is 2.19. The molecule has 1 aliphatic heterocycles. The minimum absolute atomic E-state index is 0.461. The van der Waals surface area contributed by atoms with Crippen molar-refractivity contribution in [3.63, 3.8) is 0 Å². The van der Waals surface area contributed by atoms with Gasteiger partial charge in [-0.1, -0.05) is 13.3 Å². The van der Waals surface area contributed by atoms with Gasteiger partial charge in [0.25, 0.3) is 0 Å². The molecule has 2 radical (unpaired) electrons. The van der Waals surface area contributed by atoms with Crippen LogP contribution in [0, 0.1) is 13.5 Å². The molecule has 0 spiro atoms. The van der Waals surface area contributed by atoms with Gasteiger partial charge in [-0.3, -0.25) is 0 Å². The quantitative estimate of drug-likeness (QED) is 0.457. The van der Waals surface area contributed by atoms with Crippen LogP contribution >= 0.6 is 0 Å². The lowest BCUT2D eigenvalue weighted by atomic mass is 10.3. The molecule has 1 heterocycles. The Bertz CT molecular complexity index is 39.2. The van der Waals surface area contributed by atoms with Crippen molar-refractivity contribution in [2.75, 3.05) is 0 Å². The highest BCUT2D eigenvalue weighted by atomic mass is 16.6. The summed E-state index contributed by atoms with van der Waals surface area (Å²) in [5.41, 5.74) is 0. The minimum Gasteiger partial charge on any atom is -0.367 e. The third kappa shape index (κ3) is 0.977. The number of epoxide rings is 1. The maximum atomic E-state index is 4.78. The lowest BCUT2D eigenvalue weighted by Crippen LogP contribution is -1.77. The SMILES string of the molecule is [CH2]CCC1[CH]O1. The van der Waals surface area contributed by atoms with Crippen molar-refractivity contribution in [3.8, 4) is 0 Å². The maximum Gasteiger partial charge on any atom is 0.113 e. The van der Waals surface area contributed by atoms with E-state index in [-0.39, 0.29) is 0 Å². The second-order valence-corrected chi connectivity index (χ2v) is 1.45. The Morgan fingerprint density at radius 3 is 2.67 bits per heavy atom. The highest BCUT2D eigenvalue weighted by molar-refractivity contribution is 4.82. The normalized spacial score (nSPS) is 30.5. The van der Waals surface area contributed by atoms with Gasteiger partial charge < -0.3 is 4.74 Å². The van der Waals surface area contributed by atoms with Crippen LogP contribution in [0.25, 0.3) is 0 Å². The molecule has 1 unspecified atom stereocenters. The monoisotopic (exact) mass is 84.1 g/mol. The predicted octanol–water partition coefficient (Wildman–Crippen LogP) is 1.16. The average molecular weight is 84.1 g/mol. The van der Waals surface area contributed by atoms with Crippen LogP contribution in [0.1, 0.15) is 12.8 Å². The van der Waals surface area contributed by atoms with Crippen molar-refractivity contribution in [1.29, 1.82) is 0 Å². The van der Waals surface area contributed by atoms with Crippen LogP contribution in [0.2, 0.25) is 0 Å². The number of hydrogen-bond acceptors (Lipinski definition) is 1. The molecule has 1 aliphatic rings. The van der Waals surface area contributed by atoms with Gasteiger partial charge >= 0.3 is 0 Å². The molecule has 1 atom stereocenters. The van der Waals surface area contributed by atoms with E-state index in [4.69, 9.17) is 4.74 Å². The Morgan fingerprint density at radius 1 is 1.83 bits per heavy atom. The standard InChI is InChI=1S/C5H8O/c1-2-3-5-4-6-5/h4-5H,1-3H2. The topological polar surface area (TPSA) is 12.5 Å². The van der Waals surface area contributed by atoms with E-state index < -0.39 is 0 Å². The van der Waals surface area contributed by atoms with Gasteiger partial charge in [0.15, 0.2) is 0 Å². The molecule has 1 rings (SSSR count). The van der Waals surface area contributed by atoms with E-state index in [9.17, 15) is 0 Å². The van der Waals surface area contributed by atoms with Crippen molar-refractivity contribution in [1.82, 2.24) is 0 Å². The fourth-order valence-corrected chi connectivity index (χ4v) is 0.393.